The number of aromatic nitrogens is 3. The predicted octanol–water partition coefficient (Wildman–Crippen LogP) is 2.13. The Labute approximate surface area is 181 Å². The fourth-order valence-corrected chi connectivity index (χ4v) is 4.43. The standard InChI is InChI=1S/C23H29N5O3/c1-16-19(23(31)27-10-4-3-5-11-27)13-24-21(25-16)17-7-6-12-28(15-17)22(30)18-8-9-20(29)26(2)14-18/h8-9,13-14,17H,3-7,10-12,15H2,1-2H3/t17-/m1/s1. The number of aryl methyl sites for hydroxylation is 2. The number of hydrogen-bond donors (Lipinski definition) is 0. The summed E-state index contributed by atoms with van der Waals surface area (Å²) in [5.41, 5.74) is 1.63. The Morgan fingerprint density at radius 3 is 2.45 bits per heavy atom. The van der Waals surface area contributed by atoms with Gasteiger partial charge in [0.1, 0.15) is 5.82 Å². The summed E-state index contributed by atoms with van der Waals surface area (Å²) < 4.78 is 1.42. The van der Waals surface area contributed by atoms with E-state index >= 15 is 0 Å². The molecule has 1 atom stereocenters. The van der Waals surface area contributed by atoms with Crippen molar-refractivity contribution in [1.29, 1.82) is 0 Å². The zero-order valence-corrected chi connectivity index (χ0v) is 18.2. The van der Waals surface area contributed by atoms with E-state index in [1.165, 1.54) is 17.1 Å². The molecule has 8 heteroatoms. The third-order valence-electron chi connectivity index (χ3n) is 6.28. The lowest BCUT2D eigenvalue weighted by atomic mass is 9.96. The Balaban J connectivity index is 1.48. The van der Waals surface area contributed by atoms with Crippen LogP contribution in [-0.2, 0) is 7.05 Å². The van der Waals surface area contributed by atoms with Crippen molar-refractivity contribution < 1.29 is 9.59 Å². The van der Waals surface area contributed by atoms with Crippen molar-refractivity contribution in [3.8, 4) is 0 Å². The van der Waals surface area contributed by atoms with Crippen molar-refractivity contribution in [3.05, 3.63) is 57.5 Å². The summed E-state index contributed by atoms with van der Waals surface area (Å²) in [5, 5.41) is 0. The van der Waals surface area contributed by atoms with E-state index in [2.05, 4.69) is 9.97 Å². The van der Waals surface area contributed by atoms with Crippen LogP contribution in [0.15, 0.2) is 29.3 Å². The average Bonchev–Trinajstić information content (AvgIpc) is 2.80. The molecule has 0 N–H and O–H groups in total. The van der Waals surface area contributed by atoms with Crippen LogP contribution in [0, 0.1) is 6.92 Å². The number of carbonyl (C=O) groups is 2. The fraction of sp³-hybridized carbons (Fsp3) is 0.522. The SMILES string of the molecule is Cc1nc([C@@H]2CCCN(C(=O)c3ccc(=O)n(C)c3)C2)ncc1C(=O)N1CCCCC1. The van der Waals surface area contributed by atoms with Gasteiger partial charge in [-0.3, -0.25) is 14.4 Å². The molecule has 4 rings (SSSR count). The van der Waals surface area contributed by atoms with Crippen molar-refractivity contribution in [1.82, 2.24) is 24.3 Å². The van der Waals surface area contributed by atoms with Gasteiger partial charge in [-0.2, -0.15) is 0 Å². The second-order valence-electron chi connectivity index (χ2n) is 8.54. The molecular weight excluding hydrogens is 394 g/mol. The molecule has 0 spiro atoms. The molecular formula is C23H29N5O3. The summed E-state index contributed by atoms with van der Waals surface area (Å²) in [6.45, 7) is 4.65. The molecule has 0 aromatic carbocycles. The van der Waals surface area contributed by atoms with Gasteiger partial charge in [-0.15, -0.1) is 0 Å². The van der Waals surface area contributed by atoms with Gasteiger partial charge in [0.15, 0.2) is 0 Å². The maximum atomic E-state index is 12.9. The van der Waals surface area contributed by atoms with Crippen LogP contribution in [0.3, 0.4) is 0 Å². The second kappa shape index (κ2) is 8.99. The van der Waals surface area contributed by atoms with Gasteiger partial charge in [-0.05, 0) is 45.1 Å². The molecule has 2 fully saturated rings. The topological polar surface area (TPSA) is 88.4 Å². The van der Waals surface area contributed by atoms with Crippen LogP contribution in [0.2, 0.25) is 0 Å². The molecule has 0 radical (unpaired) electrons. The number of pyridine rings is 1. The van der Waals surface area contributed by atoms with Gasteiger partial charge in [0.2, 0.25) is 5.56 Å². The van der Waals surface area contributed by atoms with Crippen LogP contribution in [0.4, 0.5) is 0 Å². The number of likely N-dealkylation sites (tertiary alicyclic amines) is 2. The quantitative estimate of drug-likeness (QED) is 0.755. The Bertz CT molecular complexity index is 1040. The molecule has 31 heavy (non-hydrogen) atoms. The van der Waals surface area contributed by atoms with Gasteiger partial charge < -0.3 is 14.4 Å². The zero-order chi connectivity index (χ0) is 22.0. The first-order valence-corrected chi connectivity index (χ1v) is 11.0. The Hall–Kier alpha value is -3.03. The van der Waals surface area contributed by atoms with E-state index in [1.807, 2.05) is 11.8 Å². The minimum atomic E-state index is -0.142. The minimum absolute atomic E-state index is 0.0129. The van der Waals surface area contributed by atoms with Gasteiger partial charge in [-0.25, -0.2) is 9.97 Å². The molecule has 2 aromatic heterocycles. The molecule has 2 saturated heterocycles. The van der Waals surface area contributed by atoms with Crippen LogP contribution in [0.5, 0.6) is 0 Å². The summed E-state index contributed by atoms with van der Waals surface area (Å²) in [4.78, 5) is 50.3. The highest BCUT2D eigenvalue weighted by Gasteiger charge is 2.28. The van der Waals surface area contributed by atoms with Gasteiger partial charge in [0, 0.05) is 57.6 Å². The first-order chi connectivity index (χ1) is 14.9. The van der Waals surface area contributed by atoms with E-state index in [0.29, 0.717) is 35.7 Å². The maximum absolute atomic E-state index is 12.9. The highest BCUT2D eigenvalue weighted by molar-refractivity contribution is 5.95. The lowest BCUT2D eigenvalue weighted by Crippen LogP contribution is -2.40. The minimum Gasteiger partial charge on any atom is -0.339 e. The molecule has 4 heterocycles. The normalized spacial score (nSPS) is 19.4. The van der Waals surface area contributed by atoms with E-state index in [9.17, 15) is 14.4 Å². The van der Waals surface area contributed by atoms with Crippen LogP contribution in [0.1, 0.15) is 70.3 Å². The predicted molar refractivity (Wildman–Crippen MR) is 116 cm³/mol. The fourth-order valence-electron chi connectivity index (χ4n) is 4.43. The number of amides is 2. The highest BCUT2D eigenvalue weighted by Crippen LogP contribution is 2.26. The molecule has 8 nitrogen and oxygen atoms in total. The Kier molecular flexibility index (Phi) is 6.15. The summed E-state index contributed by atoms with van der Waals surface area (Å²) >= 11 is 0. The second-order valence-corrected chi connectivity index (χ2v) is 8.54. The molecule has 0 saturated carbocycles. The summed E-state index contributed by atoms with van der Waals surface area (Å²) in [5.74, 6) is 0.640. The Morgan fingerprint density at radius 2 is 1.74 bits per heavy atom. The van der Waals surface area contributed by atoms with Gasteiger partial charge in [0.05, 0.1) is 16.8 Å². The lowest BCUT2D eigenvalue weighted by molar-refractivity contribution is 0.0703. The number of hydrogen-bond acceptors (Lipinski definition) is 5. The highest BCUT2D eigenvalue weighted by atomic mass is 16.2. The molecule has 0 bridgehead atoms. The van der Waals surface area contributed by atoms with E-state index in [-0.39, 0.29) is 23.3 Å². The monoisotopic (exact) mass is 423 g/mol. The summed E-state index contributed by atoms with van der Waals surface area (Å²) in [7, 11) is 1.64. The van der Waals surface area contributed by atoms with Gasteiger partial charge >= 0.3 is 0 Å². The van der Waals surface area contributed by atoms with Gasteiger partial charge in [-0.1, -0.05) is 0 Å². The number of piperidine rings is 2. The number of carbonyl (C=O) groups excluding carboxylic acids is 2. The third kappa shape index (κ3) is 4.52. The van der Waals surface area contributed by atoms with E-state index in [4.69, 9.17) is 0 Å². The van der Waals surface area contributed by atoms with E-state index in [0.717, 1.165) is 38.8 Å². The first-order valence-electron chi connectivity index (χ1n) is 11.0. The molecule has 0 unspecified atom stereocenters. The van der Waals surface area contributed by atoms with Crippen LogP contribution < -0.4 is 5.56 Å². The van der Waals surface area contributed by atoms with Crippen molar-refractivity contribution in [2.24, 2.45) is 7.05 Å². The molecule has 2 aliphatic rings. The average molecular weight is 424 g/mol. The maximum Gasteiger partial charge on any atom is 0.257 e. The molecule has 2 aliphatic heterocycles. The summed E-state index contributed by atoms with van der Waals surface area (Å²) in [6, 6.07) is 3.00. The number of nitrogens with zero attached hydrogens (tertiary/aromatic N) is 5. The van der Waals surface area contributed by atoms with Crippen LogP contribution in [0.25, 0.3) is 0 Å². The van der Waals surface area contributed by atoms with E-state index < -0.39 is 0 Å². The molecule has 2 amide bonds. The number of rotatable bonds is 3. The zero-order valence-electron chi connectivity index (χ0n) is 18.2. The first kappa shape index (κ1) is 21.2. The summed E-state index contributed by atoms with van der Waals surface area (Å²) in [6.07, 6.45) is 8.26. The molecule has 164 valence electrons. The Morgan fingerprint density at radius 1 is 1.00 bits per heavy atom. The van der Waals surface area contributed by atoms with Crippen LogP contribution in [-0.4, -0.2) is 62.3 Å². The van der Waals surface area contributed by atoms with Crippen molar-refractivity contribution in [2.45, 2.75) is 44.9 Å². The molecule has 2 aromatic rings. The van der Waals surface area contributed by atoms with Crippen molar-refractivity contribution >= 4 is 11.8 Å². The largest absolute Gasteiger partial charge is 0.339 e. The molecule has 0 aliphatic carbocycles. The van der Waals surface area contributed by atoms with Crippen molar-refractivity contribution in [3.63, 3.8) is 0 Å². The third-order valence-corrected chi connectivity index (χ3v) is 6.28. The van der Waals surface area contributed by atoms with E-state index in [1.54, 1.807) is 30.4 Å². The van der Waals surface area contributed by atoms with Crippen LogP contribution >= 0.6 is 0 Å². The smallest absolute Gasteiger partial charge is 0.257 e. The van der Waals surface area contributed by atoms with Crippen molar-refractivity contribution in [2.75, 3.05) is 26.2 Å². The lowest BCUT2D eigenvalue weighted by Gasteiger charge is -2.32. The van der Waals surface area contributed by atoms with Gasteiger partial charge in [0.25, 0.3) is 11.8 Å².